The van der Waals surface area contributed by atoms with Crippen LogP contribution in [-0.2, 0) is 6.61 Å². The lowest BCUT2D eigenvalue weighted by Gasteiger charge is -2.14. The van der Waals surface area contributed by atoms with E-state index >= 15 is 0 Å². The second kappa shape index (κ2) is 7.44. The van der Waals surface area contributed by atoms with E-state index in [-0.39, 0.29) is 12.3 Å². The van der Waals surface area contributed by atoms with E-state index in [0.29, 0.717) is 27.1 Å². The minimum atomic E-state index is -0.519. The monoisotopic (exact) mass is 374 g/mol. The minimum Gasteiger partial charge on any atom is -0.618 e. The van der Waals surface area contributed by atoms with Gasteiger partial charge in [-0.25, -0.2) is 0 Å². The Morgan fingerprint density at radius 2 is 1.61 bits per heavy atom. The summed E-state index contributed by atoms with van der Waals surface area (Å²) in [5.74, 6) is 0.641. The Hall–Kier alpha value is -3.80. The number of benzene rings is 3. The molecule has 0 aliphatic heterocycles. The van der Waals surface area contributed by atoms with E-state index in [9.17, 15) is 10.0 Å². The first kappa shape index (κ1) is 17.6. The summed E-state index contributed by atoms with van der Waals surface area (Å²) < 4.78 is 7.00. The predicted molar refractivity (Wildman–Crippen MR) is 106 cm³/mol. The SMILES string of the molecule is COc1ccc(-c2c(=O)n(OCc3ccccc3)c3ccccc3[n+]2[O-])cc1. The molecule has 0 saturated heterocycles. The standard InChI is InChI=1S/C22H18N2O4/c1-27-18-13-11-17(12-14-18)21-22(25)24(28-15-16-7-3-2-4-8-16)20-10-6-5-9-19(20)23(21)26/h2-14H,15H2,1H3. The zero-order valence-corrected chi connectivity index (χ0v) is 15.2. The van der Waals surface area contributed by atoms with Crippen LogP contribution in [0.4, 0.5) is 0 Å². The van der Waals surface area contributed by atoms with Crippen LogP contribution in [0, 0.1) is 5.21 Å². The first-order valence-corrected chi connectivity index (χ1v) is 8.78. The molecule has 0 spiro atoms. The molecule has 140 valence electrons. The highest BCUT2D eigenvalue weighted by Gasteiger charge is 2.23. The summed E-state index contributed by atoms with van der Waals surface area (Å²) >= 11 is 0. The van der Waals surface area contributed by atoms with Gasteiger partial charge in [-0.05, 0) is 35.9 Å². The molecule has 0 bridgehead atoms. The zero-order chi connectivity index (χ0) is 19.5. The van der Waals surface area contributed by atoms with E-state index in [2.05, 4.69) is 0 Å². The highest BCUT2D eigenvalue weighted by molar-refractivity contribution is 5.73. The summed E-state index contributed by atoms with van der Waals surface area (Å²) in [6.07, 6.45) is 0. The van der Waals surface area contributed by atoms with Gasteiger partial charge < -0.3 is 14.8 Å². The van der Waals surface area contributed by atoms with E-state index in [0.717, 1.165) is 5.56 Å². The van der Waals surface area contributed by atoms with Gasteiger partial charge in [-0.1, -0.05) is 42.5 Å². The van der Waals surface area contributed by atoms with Crippen molar-refractivity contribution in [1.29, 1.82) is 0 Å². The molecule has 0 N–H and O–H groups in total. The lowest BCUT2D eigenvalue weighted by atomic mass is 10.1. The Kier molecular flexibility index (Phi) is 4.68. The third-order valence-electron chi connectivity index (χ3n) is 4.48. The molecule has 0 unspecified atom stereocenters. The Morgan fingerprint density at radius 3 is 2.32 bits per heavy atom. The lowest BCUT2D eigenvalue weighted by Crippen LogP contribution is -2.42. The predicted octanol–water partition coefficient (Wildman–Crippen LogP) is 2.94. The number of nitrogens with zero attached hydrogens (tertiary/aromatic N) is 2. The molecule has 1 aromatic heterocycles. The second-order valence-corrected chi connectivity index (χ2v) is 6.22. The van der Waals surface area contributed by atoms with Crippen molar-refractivity contribution in [2.75, 3.05) is 7.11 Å². The van der Waals surface area contributed by atoms with Crippen molar-refractivity contribution in [3.05, 3.63) is 100.0 Å². The Morgan fingerprint density at radius 1 is 0.929 bits per heavy atom. The van der Waals surface area contributed by atoms with Gasteiger partial charge in [-0.15, -0.1) is 4.73 Å². The molecule has 0 fully saturated rings. The second-order valence-electron chi connectivity index (χ2n) is 6.22. The lowest BCUT2D eigenvalue weighted by molar-refractivity contribution is -0.566. The van der Waals surface area contributed by atoms with Crippen molar-refractivity contribution in [1.82, 2.24) is 4.73 Å². The quantitative estimate of drug-likeness (QED) is 0.398. The smallest absolute Gasteiger partial charge is 0.357 e. The molecule has 0 aliphatic rings. The van der Waals surface area contributed by atoms with Crippen molar-refractivity contribution in [3.8, 4) is 17.0 Å². The minimum absolute atomic E-state index is 0.00517. The maximum atomic E-state index is 13.2. The third kappa shape index (κ3) is 3.16. The molecular formula is C22H18N2O4. The molecule has 0 amide bonds. The molecule has 0 saturated carbocycles. The first-order chi connectivity index (χ1) is 13.7. The molecular weight excluding hydrogens is 356 g/mol. The van der Waals surface area contributed by atoms with Gasteiger partial charge in [-0.2, -0.15) is 4.73 Å². The van der Waals surface area contributed by atoms with Gasteiger partial charge in [0, 0.05) is 6.07 Å². The summed E-state index contributed by atoms with van der Waals surface area (Å²) in [6.45, 7) is 0.204. The van der Waals surface area contributed by atoms with Gasteiger partial charge in [0.05, 0.1) is 12.7 Å². The van der Waals surface area contributed by atoms with Gasteiger partial charge in [0.15, 0.2) is 5.52 Å². The number of para-hydroxylation sites is 2. The van der Waals surface area contributed by atoms with Crippen LogP contribution in [0.2, 0.25) is 0 Å². The van der Waals surface area contributed by atoms with E-state index in [4.69, 9.17) is 9.57 Å². The summed E-state index contributed by atoms with van der Waals surface area (Å²) in [7, 11) is 1.56. The maximum absolute atomic E-state index is 13.2. The normalized spacial score (nSPS) is 10.8. The van der Waals surface area contributed by atoms with Gasteiger partial charge in [0.25, 0.3) is 5.69 Å². The topological polar surface area (TPSA) is 67.4 Å². The average Bonchev–Trinajstić information content (AvgIpc) is 2.75. The van der Waals surface area contributed by atoms with Gasteiger partial charge in [0.1, 0.15) is 12.4 Å². The molecule has 4 rings (SSSR count). The molecule has 0 radical (unpaired) electrons. The van der Waals surface area contributed by atoms with Crippen molar-refractivity contribution >= 4 is 11.0 Å². The van der Waals surface area contributed by atoms with Crippen LogP contribution >= 0.6 is 0 Å². The van der Waals surface area contributed by atoms with Crippen LogP contribution in [0.5, 0.6) is 5.75 Å². The third-order valence-corrected chi connectivity index (χ3v) is 4.48. The molecule has 4 aromatic rings. The van der Waals surface area contributed by atoms with Crippen molar-refractivity contribution < 1.29 is 14.3 Å². The fourth-order valence-electron chi connectivity index (χ4n) is 3.05. The molecule has 3 aromatic carbocycles. The molecule has 1 heterocycles. The molecule has 6 heteroatoms. The summed E-state index contributed by atoms with van der Waals surface area (Å²) in [5.41, 5.74) is 1.65. The van der Waals surface area contributed by atoms with Gasteiger partial charge in [0.2, 0.25) is 5.52 Å². The molecule has 0 atom stereocenters. The molecule has 6 nitrogen and oxygen atoms in total. The summed E-state index contributed by atoms with van der Waals surface area (Å²) in [4.78, 5) is 19.0. The number of ether oxygens (including phenoxy) is 1. The number of fused-ring (bicyclic) bond motifs is 1. The van der Waals surface area contributed by atoms with Crippen LogP contribution in [0.1, 0.15) is 5.56 Å². The van der Waals surface area contributed by atoms with E-state index < -0.39 is 5.56 Å². The highest BCUT2D eigenvalue weighted by Crippen LogP contribution is 2.19. The largest absolute Gasteiger partial charge is 0.618 e. The van der Waals surface area contributed by atoms with Gasteiger partial charge in [-0.3, -0.25) is 4.79 Å². The van der Waals surface area contributed by atoms with E-state index in [1.807, 2.05) is 30.3 Å². The highest BCUT2D eigenvalue weighted by atomic mass is 16.7. The number of aromatic nitrogens is 2. The summed E-state index contributed by atoms with van der Waals surface area (Å²) in [6, 6.07) is 23.2. The Bertz CT molecular complexity index is 1170. The van der Waals surface area contributed by atoms with E-state index in [1.165, 1.54) is 4.73 Å². The first-order valence-electron chi connectivity index (χ1n) is 8.78. The zero-order valence-electron chi connectivity index (χ0n) is 15.2. The Labute approximate surface area is 161 Å². The average molecular weight is 374 g/mol. The van der Waals surface area contributed by atoms with E-state index in [1.54, 1.807) is 55.6 Å². The van der Waals surface area contributed by atoms with Crippen LogP contribution in [0.3, 0.4) is 0 Å². The fourth-order valence-corrected chi connectivity index (χ4v) is 3.05. The van der Waals surface area contributed by atoms with Crippen molar-refractivity contribution in [2.45, 2.75) is 6.61 Å². The van der Waals surface area contributed by atoms with Crippen LogP contribution in [0.25, 0.3) is 22.3 Å². The number of hydrogen-bond donors (Lipinski definition) is 0. The van der Waals surface area contributed by atoms with Crippen LogP contribution < -0.4 is 19.9 Å². The van der Waals surface area contributed by atoms with Crippen LogP contribution in [-0.4, -0.2) is 11.8 Å². The number of methoxy groups -OCH3 is 1. The van der Waals surface area contributed by atoms with Crippen LogP contribution in [0.15, 0.2) is 83.7 Å². The molecule has 28 heavy (non-hydrogen) atoms. The Balaban J connectivity index is 1.87. The van der Waals surface area contributed by atoms with Gasteiger partial charge >= 0.3 is 5.56 Å². The number of rotatable bonds is 5. The number of hydrogen-bond acceptors (Lipinski definition) is 4. The maximum Gasteiger partial charge on any atom is 0.357 e. The molecule has 0 aliphatic carbocycles. The fraction of sp³-hybridized carbons (Fsp3) is 0.0909. The van der Waals surface area contributed by atoms with Crippen molar-refractivity contribution in [2.24, 2.45) is 0 Å². The summed E-state index contributed by atoms with van der Waals surface area (Å²) in [5, 5.41) is 12.9. The van der Waals surface area contributed by atoms with Crippen molar-refractivity contribution in [3.63, 3.8) is 0 Å².